The number of halogens is 2. The molecule has 0 saturated carbocycles. The van der Waals surface area contributed by atoms with Crippen molar-refractivity contribution in [3.63, 3.8) is 0 Å². The Morgan fingerprint density at radius 1 is 1.30 bits per heavy atom. The van der Waals surface area contributed by atoms with E-state index in [4.69, 9.17) is 23.2 Å². The Morgan fingerprint density at radius 2 is 1.95 bits per heavy atom. The number of likely N-dealkylation sites (tertiary alicyclic amines) is 1. The third-order valence-electron chi connectivity index (χ3n) is 3.87. The predicted molar refractivity (Wildman–Crippen MR) is 83.3 cm³/mol. The summed E-state index contributed by atoms with van der Waals surface area (Å²) in [5.74, 6) is 0.168. The largest absolute Gasteiger partial charge is 0.343 e. The zero-order valence-electron chi connectivity index (χ0n) is 11.8. The van der Waals surface area contributed by atoms with Crippen LogP contribution in [0.15, 0.2) is 18.2 Å². The summed E-state index contributed by atoms with van der Waals surface area (Å²) in [6.07, 6.45) is 1.98. The molecule has 0 aliphatic carbocycles. The molecule has 1 aliphatic heterocycles. The fourth-order valence-corrected chi connectivity index (χ4v) is 2.90. The Balaban J connectivity index is 1.90. The fraction of sp³-hybridized carbons (Fsp3) is 0.533. The summed E-state index contributed by atoms with van der Waals surface area (Å²) >= 11 is 12.0. The van der Waals surface area contributed by atoms with Gasteiger partial charge >= 0.3 is 0 Å². The van der Waals surface area contributed by atoms with Gasteiger partial charge in [-0.1, -0.05) is 29.3 Å². The van der Waals surface area contributed by atoms with E-state index in [1.54, 1.807) is 6.92 Å². The lowest BCUT2D eigenvalue weighted by atomic mass is 10.0. The van der Waals surface area contributed by atoms with Crippen LogP contribution in [0.1, 0.15) is 38.3 Å². The monoisotopic (exact) mass is 314 g/mol. The molecule has 0 radical (unpaired) electrons. The van der Waals surface area contributed by atoms with Gasteiger partial charge in [0.25, 0.3) is 0 Å². The highest BCUT2D eigenvalue weighted by atomic mass is 35.5. The number of carbonyl (C=O) groups is 1. The molecule has 1 heterocycles. The molecule has 20 heavy (non-hydrogen) atoms. The minimum Gasteiger partial charge on any atom is -0.343 e. The van der Waals surface area contributed by atoms with Gasteiger partial charge in [0.1, 0.15) is 0 Å². The molecule has 0 spiro atoms. The minimum atomic E-state index is 0.168. The first-order valence-corrected chi connectivity index (χ1v) is 7.69. The summed E-state index contributed by atoms with van der Waals surface area (Å²) in [7, 11) is 0. The Labute approximate surface area is 130 Å². The molecule has 1 atom stereocenters. The van der Waals surface area contributed by atoms with Gasteiger partial charge in [-0.3, -0.25) is 4.79 Å². The molecule has 1 amide bonds. The maximum absolute atomic E-state index is 11.3. The first-order chi connectivity index (χ1) is 9.47. The van der Waals surface area contributed by atoms with Gasteiger partial charge in [-0.05, 0) is 37.5 Å². The zero-order chi connectivity index (χ0) is 14.7. The molecule has 2 rings (SSSR count). The van der Waals surface area contributed by atoms with E-state index < -0.39 is 0 Å². The molecule has 1 aliphatic rings. The topological polar surface area (TPSA) is 32.3 Å². The number of benzene rings is 1. The maximum Gasteiger partial charge on any atom is 0.219 e. The van der Waals surface area contributed by atoms with Crippen LogP contribution in [0.4, 0.5) is 0 Å². The van der Waals surface area contributed by atoms with E-state index in [0.29, 0.717) is 16.1 Å². The Hall–Kier alpha value is -0.770. The average molecular weight is 315 g/mol. The summed E-state index contributed by atoms with van der Waals surface area (Å²) in [5, 5.41) is 4.77. The van der Waals surface area contributed by atoms with E-state index in [9.17, 15) is 4.79 Å². The molecule has 1 saturated heterocycles. The quantitative estimate of drug-likeness (QED) is 0.923. The first-order valence-electron chi connectivity index (χ1n) is 6.94. The van der Waals surface area contributed by atoms with Gasteiger partial charge < -0.3 is 10.2 Å². The lowest BCUT2D eigenvalue weighted by molar-refractivity contribution is -0.129. The zero-order valence-corrected chi connectivity index (χ0v) is 13.3. The van der Waals surface area contributed by atoms with Crippen molar-refractivity contribution >= 4 is 29.1 Å². The number of nitrogens with one attached hydrogen (secondary N) is 1. The second-order valence-corrected chi connectivity index (χ2v) is 6.16. The Kier molecular flexibility index (Phi) is 5.30. The lowest BCUT2D eigenvalue weighted by Gasteiger charge is -2.33. The standard InChI is InChI=1S/C15H20Cl2N2O/c1-10(12-3-4-14(16)15(17)9-12)18-13-5-7-19(8-6-13)11(2)20/h3-4,9-10,13,18H,5-8H2,1-2H3. The molecular formula is C15H20Cl2N2O. The molecule has 1 unspecified atom stereocenters. The van der Waals surface area contributed by atoms with Crippen molar-refractivity contribution in [3.05, 3.63) is 33.8 Å². The van der Waals surface area contributed by atoms with Gasteiger partial charge in [-0.2, -0.15) is 0 Å². The van der Waals surface area contributed by atoms with Gasteiger partial charge in [0.2, 0.25) is 5.91 Å². The third kappa shape index (κ3) is 3.87. The SMILES string of the molecule is CC(=O)N1CCC(NC(C)c2ccc(Cl)c(Cl)c2)CC1. The Bertz CT molecular complexity index is 485. The summed E-state index contributed by atoms with van der Waals surface area (Å²) in [6.45, 7) is 5.42. The molecule has 110 valence electrons. The molecule has 0 aromatic heterocycles. The van der Waals surface area contributed by atoms with Gasteiger partial charge in [0.05, 0.1) is 10.0 Å². The van der Waals surface area contributed by atoms with Crippen molar-refractivity contribution in [2.45, 2.75) is 38.8 Å². The summed E-state index contributed by atoms with van der Waals surface area (Å²) in [5.41, 5.74) is 1.13. The normalized spacial score (nSPS) is 18.1. The van der Waals surface area contributed by atoms with Crippen molar-refractivity contribution < 1.29 is 4.79 Å². The van der Waals surface area contributed by atoms with Crippen LogP contribution >= 0.6 is 23.2 Å². The smallest absolute Gasteiger partial charge is 0.219 e. The average Bonchev–Trinajstić information content (AvgIpc) is 2.42. The van der Waals surface area contributed by atoms with Gasteiger partial charge in [-0.25, -0.2) is 0 Å². The van der Waals surface area contributed by atoms with E-state index in [1.807, 2.05) is 23.1 Å². The number of carbonyl (C=O) groups excluding carboxylic acids is 1. The highest BCUT2D eigenvalue weighted by Gasteiger charge is 2.22. The molecule has 5 heteroatoms. The van der Waals surface area contributed by atoms with E-state index >= 15 is 0 Å². The van der Waals surface area contributed by atoms with Crippen molar-refractivity contribution in [1.82, 2.24) is 10.2 Å². The summed E-state index contributed by atoms with van der Waals surface area (Å²) in [4.78, 5) is 13.2. The van der Waals surface area contributed by atoms with Crippen molar-refractivity contribution in [2.75, 3.05) is 13.1 Å². The number of piperidine rings is 1. The van der Waals surface area contributed by atoms with Crippen molar-refractivity contribution in [2.24, 2.45) is 0 Å². The molecule has 1 N–H and O–H groups in total. The number of nitrogens with zero attached hydrogens (tertiary/aromatic N) is 1. The van der Waals surface area contributed by atoms with Crippen LogP contribution in [-0.2, 0) is 4.79 Å². The first kappa shape index (κ1) is 15.6. The van der Waals surface area contributed by atoms with Crippen LogP contribution in [0.2, 0.25) is 10.0 Å². The van der Waals surface area contributed by atoms with Crippen LogP contribution in [0, 0.1) is 0 Å². The second kappa shape index (κ2) is 6.79. The number of rotatable bonds is 3. The van der Waals surface area contributed by atoms with Crippen LogP contribution in [-0.4, -0.2) is 29.9 Å². The van der Waals surface area contributed by atoms with Gasteiger partial charge in [-0.15, -0.1) is 0 Å². The Morgan fingerprint density at radius 3 is 2.50 bits per heavy atom. The van der Waals surface area contributed by atoms with Crippen LogP contribution in [0.5, 0.6) is 0 Å². The van der Waals surface area contributed by atoms with Crippen molar-refractivity contribution in [1.29, 1.82) is 0 Å². The lowest BCUT2D eigenvalue weighted by Crippen LogP contribution is -2.44. The van der Waals surface area contributed by atoms with E-state index in [-0.39, 0.29) is 11.9 Å². The highest BCUT2D eigenvalue weighted by Crippen LogP contribution is 2.26. The van der Waals surface area contributed by atoms with Crippen molar-refractivity contribution in [3.8, 4) is 0 Å². The van der Waals surface area contributed by atoms with E-state index in [0.717, 1.165) is 31.5 Å². The van der Waals surface area contributed by atoms with E-state index in [2.05, 4.69) is 12.2 Å². The summed E-state index contributed by atoms with van der Waals surface area (Å²) in [6, 6.07) is 6.40. The van der Waals surface area contributed by atoms with Crippen LogP contribution in [0.3, 0.4) is 0 Å². The van der Waals surface area contributed by atoms with E-state index in [1.165, 1.54) is 0 Å². The highest BCUT2D eigenvalue weighted by molar-refractivity contribution is 6.42. The van der Waals surface area contributed by atoms with Gasteiger partial charge in [0, 0.05) is 32.1 Å². The minimum absolute atomic E-state index is 0.168. The number of amides is 1. The van der Waals surface area contributed by atoms with Gasteiger partial charge in [0.15, 0.2) is 0 Å². The third-order valence-corrected chi connectivity index (χ3v) is 4.61. The van der Waals surface area contributed by atoms with Crippen LogP contribution < -0.4 is 5.32 Å². The number of hydrogen-bond donors (Lipinski definition) is 1. The molecular weight excluding hydrogens is 295 g/mol. The molecule has 1 fully saturated rings. The molecule has 3 nitrogen and oxygen atoms in total. The molecule has 0 bridgehead atoms. The number of hydrogen-bond acceptors (Lipinski definition) is 2. The maximum atomic E-state index is 11.3. The molecule has 1 aromatic rings. The summed E-state index contributed by atoms with van der Waals surface area (Å²) < 4.78 is 0. The van der Waals surface area contributed by atoms with Crippen LogP contribution in [0.25, 0.3) is 0 Å². The second-order valence-electron chi connectivity index (χ2n) is 5.34. The molecule has 1 aromatic carbocycles. The predicted octanol–water partition coefficient (Wildman–Crippen LogP) is 3.65. The fourth-order valence-electron chi connectivity index (χ4n) is 2.59.